The fourth-order valence-electron chi connectivity index (χ4n) is 9.06. The minimum Gasteiger partial charge on any atom is -0.354 e. The van der Waals surface area contributed by atoms with Gasteiger partial charge in [-0.3, -0.25) is 0 Å². The summed E-state index contributed by atoms with van der Waals surface area (Å²) in [7, 11) is 0. The first-order valence-electron chi connectivity index (χ1n) is 25.7. The fourth-order valence-corrected chi connectivity index (χ4v) is 10.7. The molecule has 8 nitrogen and oxygen atoms in total. The molecule has 0 saturated carbocycles. The van der Waals surface area contributed by atoms with Crippen molar-refractivity contribution in [3.05, 3.63) is 172 Å². The van der Waals surface area contributed by atoms with Crippen LogP contribution in [0.15, 0.2) is 96.1 Å². The number of allylic oxidation sites excluding steroid dienone is 2. The number of aromatic nitrogens is 4. The van der Waals surface area contributed by atoms with Crippen LogP contribution in [0.3, 0.4) is 0 Å². The van der Waals surface area contributed by atoms with Crippen molar-refractivity contribution in [3.63, 3.8) is 0 Å². The van der Waals surface area contributed by atoms with Crippen molar-refractivity contribution in [1.29, 1.82) is 21.0 Å². The lowest BCUT2D eigenvalue weighted by Gasteiger charge is -2.26. The summed E-state index contributed by atoms with van der Waals surface area (Å²) in [6.45, 7) is 26.9. The number of nitriles is 4. The van der Waals surface area contributed by atoms with Crippen molar-refractivity contribution in [2.24, 2.45) is 0 Å². The Bertz CT molecular complexity index is 3950. The van der Waals surface area contributed by atoms with Crippen molar-refractivity contribution in [2.75, 3.05) is 0 Å². The molecule has 0 unspecified atom stereocenters. The summed E-state index contributed by atoms with van der Waals surface area (Å²) < 4.78 is 0. The average molecular weight is 1050 g/mol. The van der Waals surface area contributed by atoms with Crippen molar-refractivity contribution in [3.8, 4) is 70.2 Å². The van der Waals surface area contributed by atoms with Crippen molar-refractivity contribution in [2.45, 2.75) is 105 Å². The molecule has 0 radical (unpaired) electrons. The smallest absolute Gasteiger partial charge is 0.131 e. The highest BCUT2D eigenvalue weighted by atomic mass is 32.1. The van der Waals surface area contributed by atoms with Crippen LogP contribution in [0.25, 0.3) is 80.8 Å². The molecular formula is C68H58N8S2. The van der Waals surface area contributed by atoms with Crippen LogP contribution >= 0.6 is 22.7 Å². The van der Waals surface area contributed by atoms with Crippen molar-refractivity contribution < 1.29 is 0 Å². The quantitative estimate of drug-likeness (QED) is 0.132. The van der Waals surface area contributed by atoms with Gasteiger partial charge in [-0.15, -0.1) is 22.7 Å². The number of rotatable bonds is 4. The molecule has 7 aromatic rings. The largest absolute Gasteiger partial charge is 0.354 e. The molecule has 5 aromatic heterocycles. The Kier molecular flexibility index (Phi) is 14.4. The highest BCUT2D eigenvalue weighted by molar-refractivity contribution is 7.13. The second kappa shape index (κ2) is 20.8. The number of thiophene rings is 2. The fraction of sp³-hybridized carbons (Fsp3) is 0.235. The number of hydrogen-bond donors (Lipinski definition) is 2. The van der Waals surface area contributed by atoms with Gasteiger partial charge in [-0.2, -0.15) is 21.0 Å². The molecule has 0 amide bonds. The van der Waals surface area contributed by atoms with Crippen LogP contribution in [-0.2, 0) is 21.7 Å². The SMILES string of the molecule is CC(C)(C)c1cc(-c2c3nc(c(C#Cc4ccc(C=C(C#N)C#N)s4)c4ccc([nH]4)c(-c4cc(C(C)(C)C)cc(C(C)(C)C)c4)c4ccc([nH]4)c(C#Cc4ccc(C=C(C#N)C#N)s4)c4nc2C=C4)C=C3)cc(C(C)(C)C)c1. The molecule has 382 valence electrons. The zero-order chi connectivity index (χ0) is 55.9. The lowest BCUT2D eigenvalue weighted by Crippen LogP contribution is -2.16. The van der Waals surface area contributed by atoms with Gasteiger partial charge < -0.3 is 9.97 Å². The molecule has 7 heterocycles. The number of nitrogens with zero attached hydrogens (tertiary/aromatic N) is 6. The maximum absolute atomic E-state index is 9.48. The van der Waals surface area contributed by atoms with E-state index in [1.165, 1.54) is 44.9 Å². The maximum Gasteiger partial charge on any atom is 0.131 e. The molecule has 78 heavy (non-hydrogen) atoms. The molecule has 2 aromatic carbocycles. The normalized spacial score (nSPS) is 12.0. The van der Waals surface area contributed by atoms with E-state index in [9.17, 15) is 21.0 Å². The number of benzene rings is 2. The van der Waals surface area contributed by atoms with Gasteiger partial charge in [-0.05, 0) is 140 Å². The first kappa shape index (κ1) is 53.8. The van der Waals surface area contributed by atoms with Gasteiger partial charge in [0.1, 0.15) is 35.4 Å². The van der Waals surface area contributed by atoms with Crippen LogP contribution in [0, 0.1) is 69.0 Å². The Labute approximate surface area is 466 Å². The minimum absolute atomic E-state index is 0.0261. The van der Waals surface area contributed by atoms with E-state index in [-0.39, 0.29) is 32.8 Å². The van der Waals surface area contributed by atoms with E-state index in [2.05, 4.69) is 190 Å². The third kappa shape index (κ3) is 11.5. The summed E-state index contributed by atoms with van der Waals surface area (Å²) in [5.74, 6) is 13.9. The molecule has 8 bridgehead atoms. The summed E-state index contributed by atoms with van der Waals surface area (Å²) in [4.78, 5) is 21.7. The van der Waals surface area contributed by atoms with Crippen LogP contribution in [0.5, 0.6) is 0 Å². The topological polar surface area (TPSA) is 153 Å². The van der Waals surface area contributed by atoms with Crippen LogP contribution in [0.4, 0.5) is 0 Å². The van der Waals surface area contributed by atoms with E-state index >= 15 is 0 Å². The standard InChI is InChI=1S/C68H58N8S2/c1-65(2,3)45-31-43(32-46(35-45)66(4,5)6)63-59-25-21-55(73-59)53(19-17-49-13-15-51(77-49)29-41(37-69)38-70)57-23-27-61(75-57)64(44-33-47(67(7,8)9)36-48(34-44)68(10,11)12)62-28-24-58(76-62)54(56-22-26-60(63)74-56)20-18-50-14-16-52(78-50)30-42(39-71)40-72/h13-16,21-36,73-74H,1-12H3. The van der Waals surface area contributed by atoms with Gasteiger partial charge in [0.25, 0.3) is 0 Å². The third-order valence-corrected chi connectivity index (χ3v) is 15.5. The summed E-state index contributed by atoms with van der Waals surface area (Å²) >= 11 is 2.82. The van der Waals surface area contributed by atoms with E-state index in [1.54, 1.807) is 12.2 Å². The van der Waals surface area contributed by atoms with E-state index in [0.29, 0.717) is 22.5 Å². The lowest BCUT2D eigenvalue weighted by atomic mass is 9.78. The van der Waals surface area contributed by atoms with E-state index in [0.717, 1.165) is 75.2 Å². The Balaban J connectivity index is 1.44. The predicted octanol–water partition coefficient (Wildman–Crippen LogP) is 17.0. The zero-order valence-electron chi connectivity index (χ0n) is 46.0. The molecule has 0 saturated heterocycles. The number of H-pyrrole nitrogens is 2. The summed E-state index contributed by atoms with van der Waals surface area (Å²) in [5, 5.41) is 37.9. The van der Waals surface area contributed by atoms with Crippen LogP contribution in [-0.4, -0.2) is 19.9 Å². The molecule has 0 aliphatic carbocycles. The molecular weight excluding hydrogens is 993 g/mol. The molecule has 2 aliphatic rings. The zero-order valence-corrected chi connectivity index (χ0v) is 47.7. The van der Waals surface area contributed by atoms with Gasteiger partial charge >= 0.3 is 0 Å². The monoisotopic (exact) mass is 1050 g/mol. The van der Waals surface area contributed by atoms with Crippen LogP contribution in [0.1, 0.15) is 159 Å². The molecule has 9 rings (SSSR count). The summed E-state index contributed by atoms with van der Waals surface area (Å²) in [6.07, 6.45) is 11.3. The predicted molar refractivity (Wildman–Crippen MR) is 324 cm³/mol. The van der Waals surface area contributed by atoms with E-state index in [4.69, 9.17) is 9.97 Å². The third-order valence-electron chi connectivity index (χ3n) is 13.6. The Morgan fingerprint density at radius 1 is 0.410 bits per heavy atom. The second-order valence-corrected chi connectivity index (χ2v) is 25.8. The lowest BCUT2D eigenvalue weighted by molar-refractivity contribution is 0.568. The minimum atomic E-state index is -0.170. The number of fused-ring (bicyclic) bond motifs is 8. The van der Waals surface area contributed by atoms with Crippen LogP contribution in [0.2, 0.25) is 0 Å². The Hall–Kier alpha value is -9.00. The number of hydrogen-bond acceptors (Lipinski definition) is 8. The summed E-state index contributed by atoms with van der Waals surface area (Å²) in [5.41, 5.74) is 15.5. The van der Waals surface area contributed by atoms with Gasteiger partial charge in [0, 0.05) is 31.9 Å². The van der Waals surface area contributed by atoms with Crippen molar-refractivity contribution in [1.82, 2.24) is 19.9 Å². The Morgan fingerprint density at radius 3 is 1.09 bits per heavy atom. The molecule has 0 spiro atoms. The molecule has 0 atom stereocenters. The average Bonchev–Trinajstić information content (AvgIpc) is 4.42. The highest BCUT2D eigenvalue weighted by Gasteiger charge is 2.26. The van der Waals surface area contributed by atoms with E-state index in [1.807, 2.05) is 60.7 Å². The number of aromatic amines is 2. The molecule has 10 heteroatoms. The van der Waals surface area contributed by atoms with Gasteiger partial charge in [0.2, 0.25) is 0 Å². The van der Waals surface area contributed by atoms with Crippen molar-refractivity contribution >= 4 is 81.2 Å². The van der Waals surface area contributed by atoms with E-state index < -0.39 is 0 Å². The van der Waals surface area contributed by atoms with Gasteiger partial charge in [-0.1, -0.05) is 143 Å². The Morgan fingerprint density at radius 2 is 0.744 bits per heavy atom. The number of nitrogens with one attached hydrogen (secondary N) is 2. The second-order valence-electron chi connectivity index (χ2n) is 23.6. The highest BCUT2D eigenvalue weighted by Crippen LogP contribution is 2.41. The first-order valence-corrected chi connectivity index (χ1v) is 27.3. The molecule has 2 aliphatic heterocycles. The van der Waals surface area contributed by atoms with Gasteiger partial charge in [0.05, 0.1) is 54.7 Å². The molecule has 2 N–H and O–H groups in total. The summed E-state index contributed by atoms with van der Waals surface area (Å²) in [6, 6.07) is 37.5. The van der Waals surface area contributed by atoms with Crippen LogP contribution < -0.4 is 0 Å². The van der Waals surface area contributed by atoms with Gasteiger partial charge in [-0.25, -0.2) is 9.97 Å². The molecule has 0 fully saturated rings. The maximum atomic E-state index is 9.48. The first-order chi connectivity index (χ1) is 36.9. The van der Waals surface area contributed by atoms with Gasteiger partial charge in [0.15, 0.2) is 0 Å².